The molecule has 11 nitrogen and oxygen atoms in total. The van der Waals surface area contributed by atoms with Crippen LogP contribution >= 0.6 is 11.8 Å². The summed E-state index contributed by atoms with van der Waals surface area (Å²) in [6, 6.07) is -4.31. The summed E-state index contributed by atoms with van der Waals surface area (Å²) < 4.78 is 0. The number of carbonyl (C=O) groups excluding carboxylic acids is 4. The van der Waals surface area contributed by atoms with Crippen molar-refractivity contribution in [1.82, 2.24) is 16.0 Å². The van der Waals surface area contributed by atoms with Crippen LogP contribution in [0.2, 0.25) is 0 Å². The molecule has 4 unspecified atom stereocenters. The van der Waals surface area contributed by atoms with Gasteiger partial charge in [0.1, 0.15) is 18.1 Å². The molecule has 0 aromatic carbocycles. The van der Waals surface area contributed by atoms with Gasteiger partial charge in [0.15, 0.2) is 0 Å². The first-order valence-corrected chi connectivity index (χ1v) is 10.5. The van der Waals surface area contributed by atoms with Gasteiger partial charge in [-0.25, -0.2) is 4.79 Å². The van der Waals surface area contributed by atoms with E-state index in [0.29, 0.717) is 5.75 Å². The quantitative estimate of drug-likeness (QED) is 0.195. The van der Waals surface area contributed by atoms with Crippen molar-refractivity contribution < 1.29 is 29.1 Å². The van der Waals surface area contributed by atoms with Crippen LogP contribution in [0.3, 0.4) is 0 Å². The van der Waals surface area contributed by atoms with Crippen LogP contribution in [0.4, 0.5) is 0 Å². The predicted octanol–water partition coefficient (Wildman–Crippen LogP) is -1.84. The van der Waals surface area contributed by atoms with Crippen LogP contribution in [0.1, 0.15) is 33.6 Å². The van der Waals surface area contributed by atoms with Crippen molar-refractivity contribution in [2.45, 2.75) is 57.8 Å². The van der Waals surface area contributed by atoms with Crippen LogP contribution < -0.4 is 27.4 Å². The zero-order chi connectivity index (χ0) is 22.7. The number of amides is 4. The van der Waals surface area contributed by atoms with Crippen molar-refractivity contribution >= 4 is 41.4 Å². The van der Waals surface area contributed by atoms with E-state index in [1.807, 2.05) is 6.26 Å². The Morgan fingerprint density at radius 3 is 2.00 bits per heavy atom. The number of nitrogens with one attached hydrogen (secondary N) is 3. The Kier molecular flexibility index (Phi) is 11.9. The molecule has 0 fully saturated rings. The van der Waals surface area contributed by atoms with Crippen molar-refractivity contribution in [3.63, 3.8) is 0 Å². The van der Waals surface area contributed by atoms with Crippen LogP contribution in [0, 0.1) is 5.92 Å². The third kappa shape index (κ3) is 10.1. The van der Waals surface area contributed by atoms with Gasteiger partial charge in [-0.2, -0.15) is 11.8 Å². The molecule has 0 aliphatic rings. The molecular weight excluding hydrogens is 402 g/mol. The van der Waals surface area contributed by atoms with Crippen molar-refractivity contribution in [1.29, 1.82) is 0 Å². The maximum atomic E-state index is 12.5. The summed E-state index contributed by atoms with van der Waals surface area (Å²) in [6.45, 7) is 4.76. The average Bonchev–Trinajstić information content (AvgIpc) is 2.61. The Balaban J connectivity index is 4.95. The zero-order valence-corrected chi connectivity index (χ0v) is 17.9. The first kappa shape index (κ1) is 26.7. The lowest BCUT2D eigenvalue weighted by molar-refractivity contribution is -0.142. The summed E-state index contributed by atoms with van der Waals surface area (Å²) in [6.07, 6.45) is 1.69. The van der Waals surface area contributed by atoms with Crippen molar-refractivity contribution in [3.05, 3.63) is 0 Å². The molecule has 0 rings (SSSR count). The number of aliphatic carboxylic acids is 1. The van der Waals surface area contributed by atoms with E-state index in [9.17, 15) is 29.1 Å². The molecule has 0 radical (unpaired) electrons. The Morgan fingerprint density at radius 1 is 0.966 bits per heavy atom. The van der Waals surface area contributed by atoms with Gasteiger partial charge < -0.3 is 32.5 Å². The molecule has 4 atom stereocenters. The lowest BCUT2D eigenvalue weighted by Gasteiger charge is -2.25. The van der Waals surface area contributed by atoms with Gasteiger partial charge in [-0.1, -0.05) is 13.8 Å². The molecule has 0 saturated heterocycles. The minimum atomic E-state index is -1.20. The molecule has 0 bridgehead atoms. The molecule has 4 amide bonds. The predicted molar refractivity (Wildman–Crippen MR) is 109 cm³/mol. The fourth-order valence-electron chi connectivity index (χ4n) is 2.26. The summed E-state index contributed by atoms with van der Waals surface area (Å²) >= 11 is 1.45. The monoisotopic (exact) mass is 433 g/mol. The van der Waals surface area contributed by atoms with Gasteiger partial charge in [0, 0.05) is 0 Å². The van der Waals surface area contributed by atoms with Crippen LogP contribution in [0.15, 0.2) is 0 Å². The number of primary amides is 1. The SMILES string of the molecule is CSCCC(NC(=O)C(C)NC(=O)C(NC(=O)C(N)CC(N)=O)C(C)C)C(=O)O. The van der Waals surface area contributed by atoms with E-state index in [1.54, 1.807) is 13.8 Å². The number of nitrogens with two attached hydrogens (primary N) is 2. The van der Waals surface area contributed by atoms with E-state index >= 15 is 0 Å². The summed E-state index contributed by atoms with van der Waals surface area (Å²) in [5, 5.41) is 16.5. The number of hydrogen-bond donors (Lipinski definition) is 6. The molecular formula is C17H31N5O6S. The third-order valence-electron chi connectivity index (χ3n) is 3.98. The normalized spacial score (nSPS) is 15.0. The number of rotatable bonds is 13. The van der Waals surface area contributed by atoms with E-state index in [-0.39, 0.29) is 18.8 Å². The van der Waals surface area contributed by atoms with Gasteiger partial charge in [0.2, 0.25) is 23.6 Å². The molecule has 0 aromatic heterocycles. The zero-order valence-electron chi connectivity index (χ0n) is 17.1. The topological polar surface area (TPSA) is 194 Å². The van der Waals surface area contributed by atoms with E-state index in [2.05, 4.69) is 16.0 Å². The lowest BCUT2D eigenvalue weighted by Crippen LogP contribution is -2.58. The smallest absolute Gasteiger partial charge is 0.326 e. The number of carbonyl (C=O) groups is 5. The lowest BCUT2D eigenvalue weighted by atomic mass is 10.0. The second-order valence-electron chi connectivity index (χ2n) is 6.92. The fourth-order valence-corrected chi connectivity index (χ4v) is 2.73. The molecule has 29 heavy (non-hydrogen) atoms. The minimum Gasteiger partial charge on any atom is -0.480 e. The average molecular weight is 434 g/mol. The van der Waals surface area contributed by atoms with Crippen LogP contribution in [0.25, 0.3) is 0 Å². The molecule has 8 N–H and O–H groups in total. The second kappa shape index (κ2) is 13.0. The Bertz CT molecular complexity index is 615. The van der Waals surface area contributed by atoms with E-state index in [1.165, 1.54) is 18.7 Å². The van der Waals surface area contributed by atoms with Crippen LogP contribution in [-0.4, -0.2) is 70.9 Å². The van der Waals surface area contributed by atoms with Gasteiger partial charge in [-0.3, -0.25) is 19.2 Å². The molecule has 0 aromatic rings. The molecule has 0 saturated carbocycles. The van der Waals surface area contributed by atoms with Crippen molar-refractivity contribution in [3.8, 4) is 0 Å². The summed E-state index contributed by atoms with van der Waals surface area (Å²) in [4.78, 5) is 59.0. The highest BCUT2D eigenvalue weighted by Gasteiger charge is 2.30. The molecule has 0 aliphatic heterocycles. The number of thioether (sulfide) groups is 1. The first-order valence-electron chi connectivity index (χ1n) is 9.07. The highest BCUT2D eigenvalue weighted by Crippen LogP contribution is 2.05. The highest BCUT2D eigenvalue weighted by atomic mass is 32.2. The van der Waals surface area contributed by atoms with Crippen LogP contribution in [-0.2, 0) is 24.0 Å². The van der Waals surface area contributed by atoms with Crippen molar-refractivity contribution in [2.75, 3.05) is 12.0 Å². The minimum absolute atomic E-state index is 0.241. The van der Waals surface area contributed by atoms with Gasteiger partial charge in [-0.15, -0.1) is 0 Å². The summed E-state index contributed by atoms with van der Waals surface area (Å²) in [7, 11) is 0. The Labute approximate surface area is 174 Å². The van der Waals surface area contributed by atoms with E-state index in [4.69, 9.17) is 11.5 Å². The van der Waals surface area contributed by atoms with E-state index in [0.717, 1.165) is 0 Å². The molecule has 0 heterocycles. The maximum absolute atomic E-state index is 12.5. The Morgan fingerprint density at radius 2 is 1.55 bits per heavy atom. The summed E-state index contributed by atoms with van der Waals surface area (Å²) in [5.41, 5.74) is 10.6. The standard InChI is InChI=1S/C17H31N5O6S/c1-8(2)13(22-15(25)10(18)7-12(19)23)16(26)20-9(3)14(24)21-11(17(27)28)5-6-29-4/h8-11,13H,5-7,18H2,1-4H3,(H2,19,23)(H,20,26)(H,21,24)(H,22,25)(H,27,28). The van der Waals surface area contributed by atoms with Gasteiger partial charge in [-0.05, 0) is 31.3 Å². The third-order valence-corrected chi connectivity index (χ3v) is 4.63. The van der Waals surface area contributed by atoms with E-state index < -0.39 is 53.8 Å². The van der Waals surface area contributed by atoms with Gasteiger partial charge in [0.05, 0.1) is 12.5 Å². The Hall–Kier alpha value is -2.34. The second-order valence-corrected chi connectivity index (χ2v) is 7.90. The van der Waals surface area contributed by atoms with Crippen LogP contribution in [0.5, 0.6) is 0 Å². The fraction of sp³-hybridized carbons (Fsp3) is 0.706. The highest BCUT2D eigenvalue weighted by molar-refractivity contribution is 7.98. The largest absolute Gasteiger partial charge is 0.480 e. The number of carboxylic acid groups (broad SMARTS) is 1. The maximum Gasteiger partial charge on any atom is 0.326 e. The first-order chi connectivity index (χ1) is 13.4. The molecule has 166 valence electrons. The van der Waals surface area contributed by atoms with Gasteiger partial charge >= 0.3 is 5.97 Å². The number of hydrogen-bond acceptors (Lipinski definition) is 7. The molecule has 12 heteroatoms. The van der Waals surface area contributed by atoms with Gasteiger partial charge in [0.25, 0.3) is 0 Å². The molecule has 0 spiro atoms. The summed E-state index contributed by atoms with van der Waals surface area (Å²) in [5.74, 6) is -3.74. The number of carboxylic acids is 1. The molecule has 0 aliphatic carbocycles. The van der Waals surface area contributed by atoms with Crippen molar-refractivity contribution in [2.24, 2.45) is 17.4 Å².